The third kappa shape index (κ3) is 2.42. The standard InChI is InChI=1S/C15H17FN2S/c1-9-6-10(8-11(16)7-9)15-18-14-12(17-2)4-3-5-13(14)19-15/h6-8,12,17H,3-5H2,1-2H3. The van der Waals surface area contributed by atoms with E-state index in [1.54, 1.807) is 23.5 Å². The number of rotatable bonds is 2. The molecule has 0 saturated heterocycles. The van der Waals surface area contributed by atoms with Gasteiger partial charge < -0.3 is 5.32 Å². The highest BCUT2D eigenvalue weighted by molar-refractivity contribution is 7.15. The Labute approximate surface area is 116 Å². The molecule has 1 unspecified atom stereocenters. The molecule has 0 fully saturated rings. The zero-order chi connectivity index (χ0) is 13.4. The van der Waals surface area contributed by atoms with Crippen LogP contribution in [0.15, 0.2) is 18.2 Å². The summed E-state index contributed by atoms with van der Waals surface area (Å²) in [6, 6.07) is 5.48. The molecule has 4 heteroatoms. The number of thiazole rings is 1. The van der Waals surface area contributed by atoms with E-state index in [-0.39, 0.29) is 5.82 Å². The first kappa shape index (κ1) is 12.8. The molecule has 0 bridgehead atoms. The van der Waals surface area contributed by atoms with Crippen LogP contribution in [0.25, 0.3) is 10.6 Å². The number of halogens is 1. The van der Waals surface area contributed by atoms with Crippen molar-refractivity contribution in [2.75, 3.05) is 7.05 Å². The molecule has 19 heavy (non-hydrogen) atoms. The fourth-order valence-corrected chi connectivity index (χ4v) is 3.83. The molecule has 1 aliphatic rings. The van der Waals surface area contributed by atoms with Crippen LogP contribution in [0, 0.1) is 12.7 Å². The number of aryl methyl sites for hydroxylation is 2. The van der Waals surface area contributed by atoms with Crippen molar-refractivity contribution in [1.29, 1.82) is 0 Å². The van der Waals surface area contributed by atoms with Gasteiger partial charge >= 0.3 is 0 Å². The van der Waals surface area contributed by atoms with Gasteiger partial charge in [0.15, 0.2) is 0 Å². The number of aromatic nitrogens is 1. The molecule has 100 valence electrons. The highest BCUT2D eigenvalue weighted by atomic mass is 32.1. The zero-order valence-electron chi connectivity index (χ0n) is 11.2. The first-order chi connectivity index (χ1) is 9.17. The lowest BCUT2D eigenvalue weighted by atomic mass is 9.98. The van der Waals surface area contributed by atoms with Gasteiger partial charge in [-0.1, -0.05) is 0 Å². The maximum Gasteiger partial charge on any atom is 0.124 e. The summed E-state index contributed by atoms with van der Waals surface area (Å²) in [6.45, 7) is 1.91. The minimum atomic E-state index is -0.187. The van der Waals surface area contributed by atoms with Crippen molar-refractivity contribution in [1.82, 2.24) is 10.3 Å². The van der Waals surface area contributed by atoms with Gasteiger partial charge in [-0.3, -0.25) is 0 Å². The van der Waals surface area contributed by atoms with Crippen molar-refractivity contribution < 1.29 is 4.39 Å². The van der Waals surface area contributed by atoms with Crippen molar-refractivity contribution in [2.45, 2.75) is 32.2 Å². The fourth-order valence-electron chi connectivity index (χ4n) is 2.68. The van der Waals surface area contributed by atoms with E-state index in [1.165, 1.54) is 11.3 Å². The smallest absolute Gasteiger partial charge is 0.124 e. The Morgan fingerprint density at radius 1 is 1.37 bits per heavy atom. The van der Waals surface area contributed by atoms with Gasteiger partial charge in [0, 0.05) is 10.4 Å². The van der Waals surface area contributed by atoms with Crippen LogP contribution in [0.1, 0.15) is 35.0 Å². The molecular weight excluding hydrogens is 259 g/mol. The predicted octanol–water partition coefficient (Wildman–Crippen LogP) is 3.85. The maximum atomic E-state index is 13.5. The van der Waals surface area contributed by atoms with E-state index in [9.17, 15) is 4.39 Å². The van der Waals surface area contributed by atoms with Gasteiger partial charge in [0.2, 0.25) is 0 Å². The van der Waals surface area contributed by atoms with Crippen molar-refractivity contribution >= 4 is 11.3 Å². The number of fused-ring (bicyclic) bond motifs is 1. The lowest BCUT2D eigenvalue weighted by molar-refractivity contribution is 0.490. The number of hydrogen-bond donors (Lipinski definition) is 1. The normalized spacial score (nSPS) is 18.4. The topological polar surface area (TPSA) is 24.9 Å². The first-order valence-corrected chi connectivity index (χ1v) is 7.43. The highest BCUT2D eigenvalue weighted by Gasteiger charge is 2.23. The molecule has 0 spiro atoms. The summed E-state index contributed by atoms with van der Waals surface area (Å²) in [5, 5.41) is 4.26. The Morgan fingerprint density at radius 2 is 2.21 bits per heavy atom. The van der Waals surface area contributed by atoms with Crippen LogP contribution in [0.3, 0.4) is 0 Å². The van der Waals surface area contributed by atoms with Crippen molar-refractivity contribution in [3.8, 4) is 10.6 Å². The molecule has 1 heterocycles. The van der Waals surface area contributed by atoms with E-state index in [0.29, 0.717) is 6.04 Å². The number of nitrogens with zero attached hydrogens (tertiary/aromatic N) is 1. The second kappa shape index (κ2) is 5.02. The van der Waals surface area contributed by atoms with Crippen LogP contribution in [0.5, 0.6) is 0 Å². The van der Waals surface area contributed by atoms with Crippen molar-refractivity contribution in [2.24, 2.45) is 0 Å². The van der Waals surface area contributed by atoms with Gasteiger partial charge in [-0.05, 0) is 57.0 Å². The van der Waals surface area contributed by atoms with Crippen LogP contribution in [-0.4, -0.2) is 12.0 Å². The largest absolute Gasteiger partial charge is 0.312 e. The quantitative estimate of drug-likeness (QED) is 0.901. The zero-order valence-corrected chi connectivity index (χ0v) is 12.0. The second-order valence-electron chi connectivity index (χ2n) is 5.08. The molecule has 1 aromatic carbocycles. The van der Waals surface area contributed by atoms with Crippen LogP contribution in [0.2, 0.25) is 0 Å². The van der Waals surface area contributed by atoms with Crippen LogP contribution in [-0.2, 0) is 6.42 Å². The van der Waals surface area contributed by atoms with E-state index in [4.69, 9.17) is 4.98 Å². The first-order valence-electron chi connectivity index (χ1n) is 6.62. The van der Waals surface area contributed by atoms with E-state index < -0.39 is 0 Å². The number of benzene rings is 1. The summed E-state index contributed by atoms with van der Waals surface area (Å²) in [5.74, 6) is -0.187. The molecule has 0 aliphatic heterocycles. The maximum absolute atomic E-state index is 13.5. The second-order valence-corrected chi connectivity index (χ2v) is 6.16. The van der Waals surface area contributed by atoms with E-state index >= 15 is 0 Å². The summed E-state index contributed by atoms with van der Waals surface area (Å²) < 4.78 is 13.5. The molecule has 0 amide bonds. The van der Waals surface area contributed by atoms with Gasteiger partial charge in [0.1, 0.15) is 10.8 Å². The number of nitrogens with one attached hydrogen (secondary N) is 1. The third-order valence-electron chi connectivity index (χ3n) is 3.59. The molecule has 2 nitrogen and oxygen atoms in total. The highest BCUT2D eigenvalue weighted by Crippen LogP contribution is 2.37. The minimum absolute atomic E-state index is 0.187. The van der Waals surface area contributed by atoms with E-state index in [0.717, 1.165) is 34.7 Å². The third-order valence-corrected chi connectivity index (χ3v) is 4.77. The van der Waals surface area contributed by atoms with Crippen molar-refractivity contribution in [3.05, 3.63) is 40.2 Å². The Balaban J connectivity index is 2.04. The van der Waals surface area contributed by atoms with Gasteiger partial charge in [-0.25, -0.2) is 9.37 Å². The van der Waals surface area contributed by atoms with Gasteiger partial charge in [-0.2, -0.15) is 0 Å². The average Bonchev–Trinajstić information content (AvgIpc) is 2.81. The number of hydrogen-bond acceptors (Lipinski definition) is 3. The van der Waals surface area contributed by atoms with E-state index in [2.05, 4.69) is 5.32 Å². The van der Waals surface area contributed by atoms with Crippen LogP contribution < -0.4 is 5.32 Å². The molecule has 0 radical (unpaired) electrons. The summed E-state index contributed by atoms with van der Waals surface area (Å²) in [7, 11) is 1.98. The molecule has 3 rings (SSSR count). The lowest BCUT2D eigenvalue weighted by Gasteiger charge is -2.19. The predicted molar refractivity (Wildman–Crippen MR) is 77.0 cm³/mol. The summed E-state index contributed by atoms with van der Waals surface area (Å²) in [4.78, 5) is 6.09. The SMILES string of the molecule is CNC1CCCc2sc(-c3cc(C)cc(F)c3)nc21. The Bertz CT molecular complexity index is 586. The van der Waals surface area contributed by atoms with Gasteiger partial charge in [0.25, 0.3) is 0 Å². The Hall–Kier alpha value is -1.26. The Morgan fingerprint density at radius 3 is 2.95 bits per heavy atom. The van der Waals surface area contributed by atoms with Crippen molar-refractivity contribution in [3.63, 3.8) is 0 Å². The molecule has 1 aliphatic carbocycles. The molecule has 2 aromatic rings. The Kier molecular flexibility index (Phi) is 3.37. The summed E-state index contributed by atoms with van der Waals surface area (Å²) in [6.07, 6.45) is 3.43. The molecule has 1 atom stereocenters. The molecule has 1 aromatic heterocycles. The van der Waals surface area contributed by atoms with Gasteiger partial charge in [-0.15, -0.1) is 11.3 Å². The van der Waals surface area contributed by atoms with E-state index in [1.807, 2.05) is 20.0 Å². The fraction of sp³-hybridized carbons (Fsp3) is 0.400. The summed E-state index contributed by atoms with van der Waals surface area (Å²) >= 11 is 1.71. The lowest BCUT2D eigenvalue weighted by Crippen LogP contribution is -2.21. The molecule has 0 saturated carbocycles. The van der Waals surface area contributed by atoms with Gasteiger partial charge in [0.05, 0.1) is 11.7 Å². The van der Waals surface area contributed by atoms with Crippen LogP contribution >= 0.6 is 11.3 Å². The average molecular weight is 276 g/mol. The monoisotopic (exact) mass is 276 g/mol. The molecular formula is C15H17FN2S. The minimum Gasteiger partial charge on any atom is -0.312 e. The molecule has 1 N–H and O–H groups in total. The summed E-state index contributed by atoms with van der Waals surface area (Å²) in [5.41, 5.74) is 3.00. The van der Waals surface area contributed by atoms with Crippen LogP contribution in [0.4, 0.5) is 4.39 Å².